The number of aromatic nitrogens is 1. The van der Waals surface area contributed by atoms with Crippen LogP contribution in [0.25, 0.3) is 21.9 Å². The lowest BCUT2D eigenvalue weighted by Crippen LogP contribution is -1.95. The van der Waals surface area contributed by atoms with Gasteiger partial charge in [-0.25, -0.2) is 4.98 Å². The minimum Gasteiger partial charge on any atom is -0.481 e. The Kier molecular flexibility index (Phi) is 4.53. The van der Waals surface area contributed by atoms with E-state index in [1.54, 1.807) is 11.3 Å². The molecule has 3 aromatic rings. The fraction of sp³-hybridized carbons (Fsp3) is 0.158. The van der Waals surface area contributed by atoms with E-state index >= 15 is 0 Å². The molecular weight excluding hydrogens is 306 g/mol. The first-order valence-corrected chi connectivity index (χ1v) is 8.28. The third-order valence-corrected chi connectivity index (χ3v) is 4.71. The molecule has 0 aliphatic carbocycles. The molecule has 0 atom stereocenters. The summed E-state index contributed by atoms with van der Waals surface area (Å²) in [6.07, 6.45) is 2.62. The average molecular weight is 323 g/mol. The van der Waals surface area contributed by atoms with E-state index < -0.39 is 5.97 Å². The number of fused-ring (bicyclic) bond motifs is 1. The van der Waals surface area contributed by atoms with Crippen LogP contribution in [0.2, 0.25) is 0 Å². The number of hydrogen-bond acceptors (Lipinski definition) is 3. The molecule has 23 heavy (non-hydrogen) atoms. The van der Waals surface area contributed by atoms with Gasteiger partial charge in [-0.15, -0.1) is 11.3 Å². The second-order valence-electron chi connectivity index (χ2n) is 5.46. The van der Waals surface area contributed by atoms with Gasteiger partial charge >= 0.3 is 5.97 Å². The molecule has 1 heterocycles. The van der Waals surface area contributed by atoms with Crippen molar-refractivity contribution in [2.45, 2.75) is 19.8 Å². The fourth-order valence-corrected chi connectivity index (χ4v) is 3.37. The number of carbonyl (C=O) groups is 1. The molecule has 0 bridgehead atoms. The summed E-state index contributed by atoms with van der Waals surface area (Å²) in [7, 11) is 0. The molecule has 3 nitrogen and oxygen atoms in total. The zero-order valence-corrected chi connectivity index (χ0v) is 13.6. The molecule has 0 radical (unpaired) electrons. The molecule has 0 unspecified atom stereocenters. The van der Waals surface area contributed by atoms with Gasteiger partial charge < -0.3 is 5.11 Å². The van der Waals surface area contributed by atoms with Gasteiger partial charge in [0.2, 0.25) is 0 Å². The van der Waals surface area contributed by atoms with Crippen LogP contribution >= 0.6 is 11.3 Å². The molecular formula is C19H17NO2S. The van der Waals surface area contributed by atoms with Gasteiger partial charge in [0.15, 0.2) is 0 Å². The molecule has 0 aliphatic rings. The van der Waals surface area contributed by atoms with Crippen LogP contribution in [0.5, 0.6) is 0 Å². The summed E-state index contributed by atoms with van der Waals surface area (Å²) in [4.78, 5) is 15.6. The van der Waals surface area contributed by atoms with E-state index in [0.29, 0.717) is 6.42 Å². The first kappa shape index (κ1) is 15.4. The number of aryl methyl sites for hydroxylation is 1. The van der Waals surface area contributed by atoms with E-state index in [4.69, 9.17) is 5.11 Å². The Balaban J connectivity index is 2.00. The molecule has 0 saturated heterocycles. The first-order valence-electron chi connectivity index (χ1n) is 7.47. The molecule has 0 spiro atoms. The Bertz CT molecular complexity index is 829. The third kappa shape index (κ3) is 3.85. The molecule has 3 rings (SSSR count). The Morgan fingerprint density at radius 2 is 1.87 bits per heavy atom. The number of benzene rings is 2. The molecule has 2 aromatic carbocycles. The molecule has 4 heteroatoms. The number of carboxylic acid groups (broad SMARTS) is 1. The van der Waals surface area contributed by atoms with Gasteiger partial charge in [0.1, 0.15) is 5.01 Å². The number of hydrogen-bond donors (Lipinski definition) is 1. The lowest BCUT2D eigenvalue weighted by atomic mass is 10.1. The van der Waals surface area contributed by atoms with Gasteiger partial charge in [-0.05, 0) is 42.7 Å². The number of aliphatic carboxylic acids is 1. The van der Waals surface area contributed by atoms with Crippen molar-refractivity contribution in [2.75, 3.05) is 0 Å². The second kappa shape index (κ2) is 6.75. The Hall–Kier alpha value is -2.46. The Morgan fingerprint density at radius 1 is 1.13 bits per heavy atom. The van der Waals surface area contributed by atoms with E-state index in [1.807, 2.05) is 49.4 Å². The monoisotopic (exact) mass is 323 g/mol. The summed E-state index contributed by atoms with van der Waals surface area (Å²) < 4.78 is 1.12. The maximum atomic E-state index is 11.0. The normalized spacial score (nSPS) is 11.8. The minimum absolute atomic E-state index is 0.105. The average Bonchev–Trinajstić information content (AvgIpc) is 2.97. The molecule has 0 saturated carbocycles. The van der Waals surface area contributed by atoms with Crippen LogP contribution in [-0.2, 0) is 4.79 Å². The maximum Gasteiger partial charge on any atom is 0.303 e. The van der Waals surface area contributed by atoms with Crippen molar-refractivity contribution in [3.8, 4) is 0 Å². The van der Waals surface area contributed by atoms with Gasteiger partial charge in [-0.3, -0.25) is 4.79 Å². The molecule has 0 amide bonds. The molecule has 0 aliphatic heterocycles. The van der Waals surface area contributed by atoms with E-state index in [9.17, 15) is 4.79 Å². The fourth-order valence-electron chi connectivity index (χ4n) is 2.36. The topological polar surface area (TPSA) is 50.2 Å². The van der Waals surface area contributed by atoms with Gasteiger partial charge in [-0.1, -0.05) is 42.0 Å². The van der Waals surface area contributed by atoms with Crippen molar-refractivity contribution in [2.24, 2.45) is 0 Å². The zero-order chi connectivity index (χ0) is 16.2. The maximum absolute atomic E-state index is 11.0. The van der Waals surface area contributed by atoms with Crippen molar-refractivity contribution in [3.63, 3.8) is 0 Å². The molecule has 1 N–H and O–H groups in total. The van der Waals surface area contributed by atoms with Crippen molar-refractivity contribution in [1.29, 1.82) is 0 Å². The van der Waals surface area contributed by atoms with Crippen LogP contribution in [-0.4, -0.2) is 16.1 Å². The number of para-hydroxylation sites is 1. The standard InChI is InChI=1S/C19H17NO2S/c1-13-6-8-14(9-7-13)12-15(10-11-18(21)22)19-20-16-4-2-3-5-17(16)23-19/h2-9,12H,10-11H2,1H3,(H,21,22)/b15-12+. The van der Waals surface area contributed by atoms with Crippen molar-refractivity contribution in [1.82, 2.24) is 4.98 Å². The number of allylic oxidation sites excluding steroid dienone is 1. The lowest BCUT2D eigenvalue weighted by molar-refractivity contribution is -0.136. The number of nitrogens with zero attached hydrogens (tertiary/aromatic N) is 1. The summed E-state index contributed by atoms with van der Waals surface area (Å²) >= 11 is 1.61. The smallest absolute Gasteiger partial charge is 0.303 e. The first-order chi connectivity index (χ1) is 11.1. The SMILES string of the molecule is Cc1ccc(/C=C(\CCC(=O)O)c2nc3ccccc3s2)cc1. The summed E-state index contributed by atoms with van der Waals surface area (Å²) in [5.74, 6) is -0.791. The Labute approximate surface area is 138 Å². The highest BCUT2D eigenvalue weighted by Gasteiger charge is 2.11. The van der Waals surface area contributed by atoms with Crippen molar-refractivity contribution in [3.05, 3.63) is 64.7 Å². The molecule has 0 fully saturated rings. The second-order valence-corrected chi connectivity index (χ2v) is 6.49. The highest BCUT2D eigenvalue weighted by atomic mass is 32.1. The predicted molar refractivity (Wildman–Crippen MR) is 95.5 cm³/mol. The lowest BCUT2D eigenvalue weighted by Gasteiger charge is -2.03. The van der Waals surface area contributed by atoms with Gasteiger partial charge in [0.25, 0.3) is 0 Å². The van der Waals surface area contributed by atoms with Crippen LogP contribution in [0.15, 0.2) is 48.5 Å². The van der Waals surface area contributed by atoms with Crippen LogP contribution in [0.1, 0.15) is 29.0 Å². The largest absolute Gasteiger partial charge is 0.481 e. The number of thiazole rings is 1. The van der Waals surface area contributed by atoms with E-state index in [0.717, 1.165) is 26.4 Å². The van der Waals surface area contributed by atoms with E-state index in [-0.39, 0.29) is 6.42 Å². The third-order valence-electron chi connectivity index (χ3n) is 3.60. The van der Waals surface area contributed by atoms with Gasteiger partial charge in [0.05, 0.1) is 10.2 Å². The van der Waals surface area contributed by atoms with Crippen LogP contribution in [0.3, 0.4) is 0 Å². The quantitative estimate of drug-likeness (QED) is 0.718. The van der Waals surface area contributed by atoms with Crippen LogP contribution < -0.4 is 0 Å². The summed E-state index contributed by atoms with van der Waals surface area (Å²) in [5, 5.41) is 9.90. The summed E-state index contributed by atoms with van der Waals surface area (Å²) in [6, 6.07) is 16.2. The molecule has 1 aromatic heterocycles. The van der Waals surface area contributed by atoms with Gasteiger partial charge in [0, 0.05) is 6.42 Å². The van der Waals surface area contributed by atoms with E-state index in [1.165, 1.54) is 5.56 Å². The van der Waals surface area contributed by atoms with Gasteiger partial charge in [-0.2, -0.15) is 0 Å². The highest BCUT2D eigenvalue weighted by molar-refractivity contribution is 7.19. The summed E-state index contributed by atoms with van der Waals surface area (Å²) in [5.41, 5.74) is 4.19. The predicted octanol–water partition coefficient (Wildman–Crippen LogP) is 5.01. The highest BCUT2D eigenvalue weighted by Crippen LogP contribution is 2.31. The molecule has 116 valence electrons. The number of carboxylic acids is 1. The number of rotatable bonds is 5. The minimum atomic E-state index is -0.791. The van der Waals surface area contributed by atoms with Crippen LogP contribution in [0, 0.1) is 6.92 Å². The summed E-state index contributed by atoms with van der Waals surface area (Å²) in [6.45, 7) is 2.05. The van der Waals surface area contributed by atoms with Crippen molar-refractivity contribution >= 4 is 39.2 Å². The van der Waals surface area contributed by atoms with Crippen molar-refractivity contribution < 1.29 is 9.90 Å². The Morgan fingerprint density at radius 3 is 2.57 bits per heavy atom. The zero-order valence-electron chi connectivity index (χ0n) is 12.8. The van der Waals surface area contributed by atoms with E-state index in [2.05, 4.69) is 17.1 Å². The van der Waals surface area contributed by atoms with Crippen LogP contribution in [0.4, 0.5) is 0 Å².